The summed E-state index contributed by atoms with van der Waals surface area (Å²) in [4.78, 5) is 11.8. The Hall–Kier alpha value is -1.81. The van der Waals surface area contributed by atoms with Gasteiger partial charge in [-0.3, -0.25) is 4.79 Å². The zero-order valence-electron chi connectivity index (χ0n) is 13.2. The molecule has 0 saturated carbocycles. The number of aliphatic hydroxyl groups is 1. The molecular formula is C17H24N2O2. The fraction of sp³-hybridized carbons (Fsp3) is 0.471. The molecule has 4 heteroatoms. The largest absolute Gasteiger partial charge is 0.386 e. The number of fused-ring (bicyclic) bond motifs is 1. The summed E-state index contributed by atoms with van der Waals surface area (Å²) in [6.07, 6.45) is 1.68. The number of hydrogen-bond acceptors (Lipinski definition) is 2. The van der Waals surface area contributed by atoms with Gasteiger partial charge >= 0.3 is 0 Å². The number of benzene rings is 1. The van der Waals surface area contributed by atoms with E-state index in [-0.39, 0.29) is 17.9 Å². The lowest BCUT2D eigenvalue weighted by atomic mass is 9.92. The highest BCUT2D eigenvalue weighted by Gasteiger charge is 2.18. The number of rotatable bonds is 4. The molecule has 21 heavy (non-hydrogen) atoms. The third-order valence-electron chi connectivity index (χ3n) is 3.47. The first kappa shape index (κ1) is 15.6. The van der Waals surface area contributed by atoms with Gasteiger partial charge < -0.3 is 15.0 Å². The molecule has 0 bridgehead atoms. The van der Waals surface area contributed by atoms with Crippen LogP contribution in [0.5, 0.6) is 0 Å². The van der Waals surface area contributed by atoms with Crippen molar-refractivity contribution >= 4 is 16.8 Å². The Bertz CT molecular complexity index is 638. The van der Waals surface area contributed by atoms with E-state index in [4.69, 9.17) is 0 Å². The predicted molar refractivity (Wildman–Crippen MR) is 85.0 cm³/mol. The third-order valence-corrected chi connectivity index (χ3v) is 3.47. The van der Waals surface area contributed by atoms with Gasteiger partial charge in [0.2, 0.25) is 5.91 Å². The van der Waals surface area contributed by atoms with Gasteiger partial charge in [-0.15, -0.1) is 0 Å². The quantitative estimate of drug-likeness (QED) is 0.909. The highest BCUT2D eigenvalue weighted by molar-refractivity contribution is 5.84. The highest BCUT2D eigenvalue weighted by Crippen LogP contribution is 2.25. The SMILES string of the molecule is Cn1cc(C(O)CNC(=O)CC(C)(C)C)c2ccccc21. The smallest absolute Gasteiger partial charge is 0.220 e. The van der Waals surface area contributed by atoms with Gasteiger partial charge in [0.25, 0.3) is 0 Å². The Morgan fingerprint density at radius 3 is 2.67 bits per heavy atom. The third kappa shape index (κ3) is 3.85. The number of carbonyl (C=O) groups is 1. The van der Waals surface area contributed by atoms with E-state index in [0.717, 1.165) is 16.5 Å². The van der Waals surface area contributed by atoms with E-state index in [1.54, 1.807) is 0 Å². The standard InChI is InChI=1S/C17H24N2O2/c1-17(2,3)9-16(21)18-10-15(20)13-11-19(4)14-8-6-5-7-12(13)14/h5-8,11,15,20H,9-10H2,1-4H3,(H,18,21). The predicted octanol–water partition coefficient (Wildman–Crippen LogP) is 2.76. The van der Waals surface area contributed by atoms with Crippen molar-refractivity contribution in [2.75, 3.05) is 6.54 Å². The van der Waals surface area contributed by atoms with Crippen LogP contribution in [0.4, 0.5) is 0 Å². The molecular weight excluding hydrogens is 264 g/mol. The maximum atomic E-state index is 11.8. The number of carbonyl (C=O) groups excluding carboxylic acids is 1. The van der Waals surface area contributed by atoms with Crippen molar-refractivity contribution in [2.24, 2.45) is 12.5 Å². The zero-order valence-corrected chi connectivity index (χ0v) is 13.2. The molecule has 0 radical (unpaired) electrons. The summed E-state index contributed by atoms with van der Waals surface area (Å²) in [5.74, 6) is -0.0261. The molecule has 114 valence electrons. The summed E-state index contributed by atoms with van der Waals surface area (Å²) < 4.78 is 1.99. The van der Waals surface area contributed by atoms with Crippen LogP contribution in [0.3, 0.4) is 0 Å². The number of para-hydroxylation sites is 1. The summed E-state index contributed by atoms with van der Waals surface area (Å²) in [5, 5.41) is 14.2. The Kier molecular flexibility index (Phi) is 4.37. The van der Waals surface area contributed by atoms with Crippen molar-refractivity contribution in [1.82, 2.24) is 9.88 Å². The molecule has 1 heterocycles. The number of amides is 1. The van der Waals surface area contributed by atoms with Gasteiger partial charge in [-0.2, -0.15) is 0 Å². The number of hydrogen-bond donors (Lipinski definition) is 2. The van der Waals surface area contributed by atoms with Gasteiger partial charge in [-0.1, -0.05) is 39.0 Å². The molecule has 0 fully saturated rings. The maximum Gasteiger partial charge on any atom is 0.220 e. The van der Waals surface area contributed by atoms with Crippen LogP contribution in [0.1, 0.15) is 38.9 Å². The molecule has 4 nitrogen and oxygen atoms in total. The molecule has 0 spiro atoms. The Balaban J connectivity index is 2.06. The Morgan fingerprint density at radius 1 is 1.33 bits per heavy atom. The first-order valence-corrected chi connectivity index (χ1v) is 7.26. The molecule has 1 atom stereocenters. The molecule has 0 aliphatic rings. The lowest BCUT2D eigenvalue weighted by Crippen LogP contribution is -2.31. The van der Waals surface area contributed by atoms with E-state index in [2.05, 4.69) is 5.32 Å². The van der Waals surface area contributed by atoms with Gasteiger partial charge in [-0.05, 0) is 11.5 Å². The van der Waals surface area contributed by atoms with E-state index in [9.17, 15) is 9.90 Å². The van der Waals surface area contributed by atoms with Crippen molar-refractivity contribution in [3.8, 4) is 0 Å². The van der Waals surface area contributed by atoms with Gasteiger partial charge in [0.1, 0.15) is 0 Å². The summed E-state index contributed by atoms with van der Waals surface area (Å²) in [6.45, 7) is 6.30. The average molecular weight is 288 g/mol. The van der Waals surface area contributed by atoms with Gasteiger partial charge in [0.05, 0.1) is 6.10 Å². The fourth-order valence-electron chi connectivity index (χ4n) is 2.50. The lowest BCUT2D eigenvalue weighted by Gasteiger charge is -2.18. The number of nitrogens with one attached hydrogen (secondary N) is 1. The summed E-state index contributed by atoms with van der Waals surface area (Å²) >= 11 is 0. The Morgan fingerprint density at radius 2 is 2.00 bits per heavy atom. The average Bonchev–Trinajstić information content (AvgIpc) is 2.72. The van der Waals surface area contributed by atoms with E-state index >= 15 is 0 Å². The zero-order chi connectivity index (χ0) is 15.6. The van der Waals surface area contributed by atoms with Crippen LogP contribution in [-0.2, 0) is 11.8 Å². The highest BCUT2D eigenvalue weighted by atomic mass is 16.3. The summed E-state index contributed by atoms with van der Waals surface area (Å²) in [5.41, 5.74) is 1.88. The van der Waals surface area contributed by atoms with Crippen LogP contribution >= 0.6 is 0 Å². The minimum atomic E-state index is -0.694. The second-order valence-corrected chi connectivity index (χ2v) is 6.77. The minimum Gasteiger partial charge on any atom is -0.386 e. The molecule has 0 aliphatic carbocycles. The van der Waals surface area contributed by atoms with Crippen LogP contribution in [0.15, 0.2) is 30.5 Å². The first-order valence-electron chi connectivity index (χ1n) is 7.26. The van der Waals surface area contributed by atoms with Crippen LogP contribution in [-0.4, -0.2) is 22.1 Å². The number of aromatic nitrogens is 1. The first-order chi connectivity index (χ1) is 9.78. The van der Waals surface area contributed by atoms with E-state index in [0.29, 0.717) is 6.42 Å². The van der Waals surface area contributed by atoms with Gasteiger partial charge in [-0.25, -0.2) is 0 Å². The van der Waals surface area contributed by atoms with Crippen LogP contribution in [0.2, 0.25) is 0 Å². The summed E-state index contributed by atoms with van der Waals surface area (Å²) in [6, 6.07) is 7.94. The van der Waals surface area contributed by atoms with Crippen molar-refractivity contribution in [2.45, 2.75) is 33.3 Å². The van der Waals surface area contributed by atoms with Gasteiger partial charge in [0, 0.05) is 42.7 Å². The monoisotopic (exact) mass is 288 g/mol. The van der Waals surface area contributed by atoms with Crippen LogP contribution < -0.4 is 5.32 Å². The van der Waals surface area contributed by atoms with Crippen molar-refractivity contribution < 1.29 is 9.90 Å². The summed E-state index contributed by atoms with van der Waals surface area (Å²) in [7, 11) is 1.96. The molecule has 1 unspecified atom stereocenters. The lowest BCUT2D eigenvalue weighted by molar-refractivity contribution is -0.123. The van der Waals surface area contributed by atoms with Crippen molar-refractivity contribution in [3.05, 3.63) is 36.0 Å². The second-order valence-electron chi connectivity index (χ2n) is 6.77. The number of nitrogens with zero attached hydrogens (tertiary/aromatic N) is 1. The normalized spacial score (nSPS) is 13.4. The molecule has 0 saturated heterocycles. The molecule has 0 aliphatic heterocycles. The fourth-order valence-corrected chi connectivity index (χ4v) is 2.50. The molecule has 2 aromatic rings. The van der Waals surface area contributed by atoms with Crippen LogP contribution in [0.25, 0.3) is 10.9 Å². The Labute approximate surface area is 125 Å². The van der Waals surface area contributed by atoms with Crippen molar-refractivity contribution in [3.63, 3.8) is 0 Å². The second kappa shape index (κ2) is 5.90. The van der Waals surface area contributed by atoms with Gasteiger partial charge in [0.15, 0.2) is 0 Å². The topological polar surface area (TPSA) is 54.3 Å². The van der Waals surface area contributed by atoms with Crippen molar-refractivity contribution in [1.29, 1.82) is 0 Å². The maximum absolute atomic E-state index is 11.8. The number of aryl methyl sites for hydroxylation is 1. The minimum absolute atomic E-state index is 0.0261. The van der Waals surface area contributed by atoms with E-state index in [1.165, 1.54) is 0 Å². The molecule has 2 N–H and O–H groups in total. The molecule has 1 aromatic heterocycles. The molecule has 1 amide bonds. The molecule has 2 rings (SSSR count). The number of aliphatic hydroxyl groups excluding tert-OH is 1. The van der Waals surface area contributed by atoms with Crippen LogP contribution in [0, 0.1) is 5.41 Å². The molecule has 1 aromatic carbocycles. The van der Waals surface area contributed by atoms with E-state index in [1.807, 2.05) is 62.8 Å². The van der Waals surface area contributed by atoms with E-state index < -0.39 is 6.10 Å².